The summed E-state index contributed by atoms with van der Waals surface area (Å²) in [5.41, 5.74) is 0.140. The molecule has 0 unspecified atom stereocenters. The molecule has 1 aromatic rings. The van der Waals surface area contributed by atoms with E-state index in [2.05, 4.69) is 36.3 Å². The molecule has 174 valence electrons. The van der Waals surface area contributed by atoms with Crippen LogP contribution in [0.3, 0.4) is 0 Å². The van der Waals surface area contributed by atoms with E-state index >= 15 is 0 Å². The molecule has 4 fully saturated rings. The minimum atomic E-state index is -0.353. The zero-order valence-corrected chi connectivity index (χ0v) is 20.3. The number of hydrogen-bond donors (Lipinski definition) is 1. The zero-order valence-electron chi connectivity index (χ0n) is 20.3. The second-order valence-corrected chi connectivity index (χ2v) is 12.3. The van der Waals surface area contributed by atoms with Gasteiger partial charge in [-0.3, -0.25) is 0 Å². The van der Waals surface area contributed by atoms with Crippen LogP contribution in [0.2, 0.25) is 0 Å². The Morgan fingerprint density at radius 3 is 2.61 bits per heavy atom. The number of tetrazole rings is 1. The van der Waals surface area contributed by atoms with E-state index in [0.717, 1.165) is 73.6 Å². The maximum Gasteiger partial charge on any atom is 0.148 e. The smallest absolute Gasteiger partial charge is 0.148 e. The van der Waals surface area contributed by atoms with Crippen molar-refractivity contribution in [3.8, 4) is 0 Å². The molecule has 1 heterocycles. The highest BCUT2D eigenvalue weighted by Gasteiger charge is 2.58. The maximum absolute atomic E-state index is 11.1. The Morgan fingerprint density at radius 2 is 1.87 bits per heavy atom. The van der Waals surface area contributed by atoms with Crippen molar-refractivity contribution in [1.29, 1.82) is 0 Å². The van der Waals surface area contributed by atoms with E-state index in [-0.39, 0.29) is 5.60 Å². The predicted octanol–water partition coefficient (Wildman–Crippen LogP) is 5.42. The number of fused-ring (bicyclic) bond motifs is 5. The summed E-state index contributed by atoms with van der Waals surface area (Å²) >= 11 is 0. The molecule has 4 saturated carbocycles. The van der Waals surface area contributed by atoms with Gasteiger partial charge < -0.3 is 5.11 Å². The van der Waals surface area contributed by atoms with Gasteiger partial charge in [-0.1, -0.05) is 27.2 Å². The fraction of sp³-hybridized carbons (Fsp3) is 0.962. The van der Waals surface area contributed by atoms with Crippen LogP contribution in [-0.4, -0.2) is 30.9 Å². The first-order chi connectivity index (χ1) is 14.8. The highest BCUT2D eigenvalue weighted by molar-refractivity contribution is 5.07. The molecule has 0 aliphatic heterocycles. The monoisotopic (exact) mass is 428 g/mol. The van der Waals surface area contributed by atoms with Crippen molar-refractivity contribution in [2.45, 2.75) is 110 Å². The second-order valence-electron chi connectivity index (χ2n) is 12.3. The highest BCUT2D eigenvalue weighted by Crippen LogP contribution is 2.65. The molecule has 4 aliphatic carbocycles. The average Bonchev–Trinajstić information content (AvgIpc) is 3.30. The van der Waals surface area contributed by atoms with E-state index < -0.39 is 0 Å². The van der Waals surface area contributed by atoms with Gasteiger partial charge in [0.2, 0.25) is 0 Å². The molecular formula is C26H44N4O. The van der Waals surface area contributed by atoms with Gasteiger partial charge >= 0.3 is 0 Å². The Labute approximate surface area is 188 Å². The van der Waals surface area contributed by atoms with Crippen molar-refractivity contribution in [3.05, 3.63) is 5.82 Å². The highest BCUT2D eigenvalue weighted by atomic mass is 16.3. The third-order valence-electron chi connectivity index (χ3n) is 10.8. The molecule has 31 heavy (non-hydrogen) atoms. The lowest BCUT2D eigenvalue weighted by Gasteiger charge is -2.57. The van der Waals surface area contributed by atoms with Crippen molar-refractivity contribution in [3.63, 3.8) is 0 Å². The summed E-state index contributed by atoms with van der Waals surface area (Å²) in [5.74, 6) is 6.81. The van der Waals surface area contributed by atoms with E-state index in [1.165, 1.54) is 44.9 Å². The SMILES string of the molecule is CCC[C@@]1(O)CC[C@H]2[C@@H](CC[C@@H]3[C@@H]2CC[C@]2(C)[C@@H]([C@H](C)Cn4nnnc4C)CC[C@@H]32)C1. The number of aliphatic hydroxyl groups is 1. The van der Waals surface area contributed by atoms with Crippen molar-refractivity contribution in [1.82, 2.24) is 20.2 Å². The lowest BCUT2D eigenvalue weighted by Crippen LogP contribution is -2.51. The van der Waals surface area contributed by atoms with E-state index in [1.807, 2.05) is 11.6 Å². The molecule has 0 amide bonds. The van der Waals surface area contributed by atoms with Crippen LogP contribution in [0, 0.1) is 53.8 Å². The Balaban J connectivity index is 1.29. The Bertz CT molecular complexity index is 779. The van der Waals surface area contributed by atoms with E-state index in [4.69, 9.17) is 0 Å². The normalized spacial score (nSPS) is 45.6. The quantitative estimate of drug-likeness (QED) is 0.680. The van der Waals surface area contributed by atoms with Gasteiger partial charge in [-0.25, -0.2) is 4.68 Å². The van der Waals surface area contributed by atoms with Gasteiger partial charge in [-0.15, -0.1) is 5.10 Å². The van der Waals surface area contributed by atoms with Crippen LogP contribution in [0.25, 0.3) is 0 Å². The predicted molar refractivity (Wildman–Crippen MR) is 122 cm³/mol. The van der Waals surface area contributed by atoms with Crippen LogP contribution < -0.4 is 0 Å². The summed E-state index contributed by atoms with van der Waals surface area (Å²) in [5, 5.41) is 23.3. The average molecular weight is 429 g/mol. The Morgan fingerprint density at radius 1 is 1.06 bits per heavy atom. The first-order valence-electron chi connectivity index (χ1n) is 13.3. The fourth-order valence-corrected chi connectivity index (χ4v) is 9.45. The summed E-state index contributed by atoms with van der Waals surface area (Å²) < 4.78 is 2.01. The third-order valence-corrected chi connectivity index (χ3v) is 10.8. The van der Waals surface area contributed by atoms with Crippen LogP contribution >= 0.6 is 0 Å². The summed E-state index contributed by atoms with van der Waals surface area (Å²) in [4.78, 5) is 0. The standard InChI is InChI=1S/C26H44N4O/c1-5-12-26(31)14-11-20-19(15-26)6-7-22-21(20)10-13-25(4)23(8-9-24(22)25)17(2)16-30-18(3)27-28-29-30/h17,19-24,31H,5-16H2,1-4H3/t17-,19+,20+,21-,22-,23-,24+,25-,26-/m1/s1. The molecule has 4 aliphatic rings. The molecule has 5 heteroatoms. The summed E-state index contributed by atoms with van der Waals surface area (Å²) in [7, 11) is 0. The van der Waals surface area contributed by atoms with Crippen LogP contribution in [0.1, 0.15) is 97.2 Å². The Hall–Kier alpha value is -0.970. The van der Waals surface area contributed by atoms with Crippen molar-refractivity contribution >= 4 is 0 Å². The molecule has 9 atom stereocenters. The summed E-state index contributed by atoms with van der Waals surface area (Å²) in [6.07, 6.45) is 14.0. The van der Waals surface area contributed by atoms with Crippen molar-refractivity contribution in [2.75, 3.05) is 0 Å². The number of nitrogens with zero attached hydrogens (tertiary/aromatic N) is 4. The lowest BCUT2D eigenvalue weighted by molar-refractivity contribution is -0.110. The molecule has 0 saturated heterocycles. The number of aromatic nitrogens is 4. The molecular weight excluding hydrogens is 384 g/mol. The van der Waals surface area contributed by atoms with E-state index in [9.17, 15) is 5.11 Å². The molecule has 1 aromatic heterocycles. The first-order valence-corrected chi connectivity index (χ1v) is 13.3. The molecule has 5 rings (SSSR count). The fourth-order valence-electron chi connectivity index (χ4n) is 9.45. The van der Waals surface area contributed by atoms with E-state index in [0.29, 0.717) is 11.3 Å². The van der Waals surface area contributed by atoms with Crippen LogP contribution in [0.5, 0.6) is 0 Å². The number of rotatable bonds is 5. The van der Waals surface area contributed by atoms with Crippen LogP contribution in [0.15, 0.2) is 0 Å². The van der Waals surface area contributed by atoms with Gasteiger partial charge in [0.1, 0.15) is 5.82 Å². The van der Waals surface area contributed by atoms with Gasteiger partial charge in [0.15, 0.2) is 0 Å². The molecule has 5 nitrogen and oxygen atoms in total. The Kier molecular flexibility index (Phi) is 5.72. The summed E-state index contributed by atoms with van der Waals surface area (Å²) in [6, 6.07) is 0. The van der Waals surface area contributed by atoms with Gasteiger partial charge in [0, 0.05) is 6.54 Å². The zero-order chi connectivity index (χ0) is 21.8. The van der Waals surface area contributed by atoms with Crippen molar-refractivity contribution < 1.29 is 5.11 Å². The lowest BCUT2D eigenvalue weighted by atomic mass is 9.48. The maximum atomic E-state index is 11.1. The largest absolute Gasteiger partial charge is 0.390 e. The molecule has 0 spiro atoms. The second kappa shape index (κ2) is 8.11. The molecule has 0 aromatic carbocycles. The molecule has 0 radical (unpaired) electrons. The molecule has 0 bridgehead atoms. The summed E-state index contributed by atoms with van der Waals surface area (Å²) in [6.45, 7) is 10.3. The third kappa shape index (κ3) is 3.67. The van der Waals surface area contributed by atoms with E-state index in [1.54, 1.807) is 0 Å². The first kappa shape index (κ1) is 21.9. The van der Waals surface area contributed by atoms with Crippen LogP contribution in [0.4, 0.5) is 0 Å². The van der Waals surface area contributed by atoms with Crippen LogP contribution in [-0.2, 0) is 6.54 Å². The van der Waals surface area contributed by atoms with Gasteiger partial charge in [-0.2, -0.15) is 0 Å². The molecule has 1 N–H and O–H groups in total. The van der Waals surface area contributed by atoms with Gasteiger partial charge in [0.05, 0.1) is 5.60 Å². The van der Waals surface area contributed by atoms with Gasteiger partial charge in [0.25, 0.3) is 0 Å². The van der Waals surface area contributed by atoms with Crippen molar-refractivity contribution in [2.24, 2.45) is 46.8 Å². The number of hydrogen-bond acceptors (Lipinski definition) is 4. The minimum absolute atomic E-state index is 0.353. The van der Waals surface area contributed by atoms with Gasteiger partial charge in [-0.05, 0) is 128 Å². The minimum Gasteiger partial charge on any atom is -0.390 e. The topological polar surface area (TPSA) is 63.8 Å². The number of aryl methyl sites for hydroxylation is 1.